The molecule has 1 radical (unpaired) electrons. The van der Waals surface area contributed by atoms with Crippen LogP contribution in [0.5, 0.6) is 5.75 Å². The van der Waals surface area contributed by atoms with Gasteiger partial charge in [-0.3, -0.25) is 0 Å². The zero-order valence-electron chi connectivity index (χ0n) is 7.78. The van der Waals surface area contributed by atoms with Crippen molar-refractivity contribution in [1.82, 2.24) is 0 Å². The van der Waals surface area contributed by atoms with E-state index >= 15 is 0 Å². The van der Waals surface area contributed by atoms with E-state index in [1.165, 1.54) is 5.56 Å². The summed E-state index contributed by atoms with van der Waals surface area (Å²) in [5, 5.41) is 12.5. The fourth-order valence-corrected chi connectivity index (χ4v) is 1.06. The van der Waals surface area contributed by atoms with Gasteiger partial charge in [-0.25, -0.2) is 0 Å². The average molecular weight is 248 g/mol. The summed E-state index contributed by atoms with van der Waals surface area (Å²) >= 11 is 0. The molecule has 0 aromatic heterocycles. The summed E-state index contributed by atoms with van der Waals surface area (Å²) in [7, 11) is 0. The van der Waals surface area contributed by atoms with Crippen LogP contribution in [0.2, 0.25) is 0 Å². The Labute approximate surface area is 100 Å². The molecule has 1 aromatic carbocycles. The molecule has 0 saturated heterocycles. The molecule has 1 aromatic rings. The van der Waals surface area contributed by atoms with Crippen LogP contribution in [0.4, 0.5) is 0 Å². The minimum atomic E-state index is 0. The zero-order valence-corrected chi connectivity index (χ0v) is 8.72. The van der Waals surface area contributed by atoms with Gasteiger partial charge in [0.2, 0.25) is 0 Å². The minimum Gasteiger partial charge on any atom is -0.512 e. The second-order valence-corrected chi connectivity index (χ2v) is 2.25. The first-order chi connectivity index (χ1) is 6.97. The van der Waals surface area contributed by atoms with Gasteiger partial charge in [-0.05, 0) is 12.1 Å². The number of para-hydroxylation sites is 1. The molecule has 79 valence electrons. The van der Waals surface area contributed by atoms with E-state index in [0.717, 1.165) is 5.75 Å². The van der Waals surface area contributed by atoms with Crippen molar-refractivity contribution in [3.63, 3.8) is 0 Å². The molecule has 0 amide bonds. The Balaban J connectivity index is 0. The van der Waals surface area contributed by atoms with Crippen molar-refractivity contribution in [3.8, 4) is 5.75 Å². The fraction of sp³-hybridized carbons (Fsp3) is 0.0909. The number of benzene rings is 1. The van der Waals surface area contributed by atoms with E-state index in [-0.39, 0.29) is 17.1 Å². The first kappa shape index (κ1) is 15.7. The Morgan fingerprint density at radius 1 is 1.07 bits per heavy atom. The van der Waals surface area contributed by atoms with Gasteiger partial charge in [0.25, 0.3) is 0 Å². The molecule has 0 bridgehead atoms. The van der Waals surface area contributed by atoms with Gasteiger partial charge in [0.1, 0.15) is 12.4 Å². The number of hydrogen-bond donors (Lipinski definition) is 0. The molecule has 0 unspecified atom stereocenters. The summed E-state index contributed by atoms with van der Waals surface area (Å²) < 4.78 is 5.34. The smallest absolute Gasteiger partial charge is 0.512 e. The zero-order chi connectivity index (χ0) is 10.8. The number of hydrogen-bond acceptors (Lipinski definition) is 3. The van der Waals surface area contributed by atoms with Crippen LogP contribution in [0.15, 0.2) is 30.3 Å². The van der Waals surface area contributed by atoms with E-state index < -0.39 is 0 Å². The van der Waals surface area contributed by atoms with Crippen LogP contribution in [0.25, 0.3) is 6.08 Å². The van der Waals surface area contributed by atoms with E-state index in [2.05, 4.69) is 6.08 Å². The molecular formula is C11H8CuN2O. The van der Waals surface area contributed by atoms with Crippen LogP contribution < -0.4 is 4.74 Å². The Bertz CT molecular complexity index is 339. The van der Waals surface area contributed by atoms with Gasteiger partial charge in [0.05, 0.1) is 0 Å². The molecule has 0 aliphatic carbocycles. The molecule has 0 saturated carbocycles. The summed E-state index contributed by atoms with van der Waals surface area (Å²) in [6.45, 7) is 10.2. The van der Waals surface area contributed by atoms with E-state index in [4.69, 9.17) is 28.4 Å². The number of ether oxygens (including phenoxy) is 1. The molecule has 1 aliphatic heterocycles. The van der Waals surface area contributed by atoms with Gasteiger partial charge >= 0.3 is 17.1 Å². The Morgan fingerprint density at radius 3 is 2.27 bits per heavy atom. The monoisotopic (exact) mass is 247 g/mol. The molecule has 1 aliphatic rings. The Morgan fingerprint density at radius 2 is 1.67 bits per heavy atom. The SMILES string of the molecule is C1=Cc2ccccc2OC1.[C-]#N.[C-]#N.[Cu+2]. The molecule has 0 N–H and O–H groups in total. The topological polar surface area (TPSA) is 56.8 Å². The summed E-state index contributed by atoms with van der Waals surface area (Å²) in [4.78, 5) is 0. The molecule has 3 nitrogen and oxygen atoms in total. The third-order valence-electron chi connectivity index (χ3n) is 1.55. The molecule has 4 heteroatoms. The number of nitrogens with zero attached hydrogens (tertiary/aromatic N) is 2. The van der Waals surface area contributed by atoms with Crippen molar-refractivity contribution >= 4 is 6.08 Å². The van der Waals surface area contributed by atoms with E-state index in [0.29, 0.717) is 6.61 Å². The molecule has 15 heavy (non-hydrogen) atoms. The van der Waals surface area contributed by atoms with E-state index in [9.17, 15) is 0 Å². The number of rotatable bonds is 0. The quantitative estimate of drug-likeness (QED) is 0.522. The van der Waals surface area contributed by atoms with Crippen molar-refractivity contribution in [2.45, 2.75) is 0 Å². The predicted molar refractivity (Wildman–Crippen MR) is 50.9 cm³/mol. The summed E-state index contributed by atoms with van der Waals surface area (Å²) in [5.41, 5.74) is 1.17. The van der Waals surface area contributed by atoms with Crippen LogP contribution in [-0.2, 0) is 17.1 Å². The standard InChI is InChI=1S/C9H8O.2CN.Cu/c1-2-6-9-8(4-1)5-3-7-10-9;2*1-2;/h1-6H,7H2;;;/q;2*-1;+2. The molecule has 0 spiro atoms. The van der Waals surface area contributed by atoms with Crippen molar-refractivity contribution in [2.24, 2.45) is 0 Å². The maximum atomic E-state index is 6.25. The fourth-order valence-electron chi connectivity index (χ4n) is 1.06. The third kappa shape index (κ3) is 4.88. The van der Waals surface area contributed by atoms with Crippen molar-refractivity contribution in [2.75, 3.05) is 6.61 Å². The molecule has 1 heterocycles. The summed E-state index contributed by atoms with van der Waals surface area (Å²) in [5.74, 6) is 0.991. The largest absolute Gasteiger partial charge is 2.00 e. The summed E-state index contributed by atoms with van der Waals surface area (Å²) in [6, 6.07) is 8.03. The first-order valence-corrected chi connectivity index (χ1v) is 3.80. The normalized spacial score (nSPS) is 9.60. The molecule has 0 atom stereocenters. The van der Waals surface area contributed by atoms with Gasteiger partial charge in [-0.2, -0.15) is 0 Å². The third-order valence-corrected chi connectivity index (χ3v) is 1.55. The molecular weight excluding hydrogens is 240 g/mol. The maximum absolute atomic E-state index is 6.25. The molecule has 0 fully saturated rings. The van der Waals surface area contributed by atoms with Crippen molar-refractivity contribution in [3.05, 3.63) is 49.0 Å². The van der Waals surface area contributed by atoms with Crippen LogP contribution in [-0.4, -0.2) is 6.61 Å². The van der Waals surface area contributed by atoms with Crippen LogP contribution in [0, 0.1) is 23.7 Å². The number of fused-ring (bicyclic) bond motifs is 1. The van der Waals surface area contributed by atoms with Crippen LogP contribution in [0.3, 0.4) is 0 Å². The second-order valence-electron chi connectivity index (χ2n) is 2.25. The molecule has 2 rings (SSSR count). The first-order valence-electron chi connectivity index (χ1n) is 3.80. The van der Waals surface area contributed by atoms with Gasteiger partial charge in [0, 0.05) is 5.56 Å². The van der Waals surface area contributed by atoms with Crippen molar-refractivity contribution in [1.29, 1.82) is 10.5 Å². The average Bonchev–Trinajstić information content (AvgIpc) is 2.34. The maximum Gasteiger partial charge on any atom is 2.00 e. The second kappa shape index (κ2) is 10.3. The minimum absolute atomic E-state index is 0. The van der Waals surface area contributed by atoms with Crippen molar-refractivity contribution < 1.29 is 21.8 Å². The van der Waals surface area contributed by atoms with Gasteiger partial charge in [-0.15, -0.1) is 0 Å². The van der Waals surface area contributed by atoms with Gasteiger partial charge in [-0.1, -0.05) is 24.3 Å². The summed E-state index contributed by atoms with van der Waals surface area (Å²) in [6.07, 6.45) is 4.10. The van der Waals surface area contributed by atoms with E-state index in [1.807, 2.05) is 30.3 Å². The van der Waals surface area contributed by atoms with Gasteiger partial charge < -0.3 is 28.4 Å². The van der Waals surface area contributed by atoms with Gasteiger partial charge in [0.15, 0.2) is 0 Å². The van der Waals surface area contributed by atoms with Crippen LogP contribution >= 0.6 is 0 Å². The van der Waals surface area contributed by atoms with Crippen LogP contribution in [0.1, 0.15) is 5.56 Å². The van der Waals surface area contributed by atoms with E-state index in [1.54, 1.807) is 0 Å². The Kier molecular flexibility index (Phi) is 10.8. The predicted octanol–water partition coefficient (Wildman–Crippen LogP) is 2.28. The Hall–Kier alpha value is -1.74.